The van der Waals surface area contributed by atoms with Gasteiger partial charge in [0, 0.05) is 18.8 Å². The Bertz CT molecular complexity index is 1110. The number of aromatic amines is 1. The molecule has 1 amide bonds. The number of amides is 1. The molecule has 1 aromatic heterocycles. The van der Waals surface area contributed by atoms with Crippen LogP contribution in [0.5, 0.6) is 5.75 Å². The Kier molecular flexibility index (Phi) is 7.30. The van der Waals surface area contributed by atoms with Crippen LogP contribution in [0, 0.1) is 19.7 Å². The Morgan fingerprint density at radius 2 is 1.72 bits per heavy atom. The summed E-state index contributed by atoms with van der Waals surface area (Å²) in [5, 5.41) is 0. The third-order valence-corrected chi connectivity index (χ3v) is 5.35. The van der Waals surface area contributed by atoms with E-state index in [1.165, 1.54) is 12.1 Å². The van der Waals surface area contributed by atoms with Gasteiger partial charge in [-0.1, -0.05) is 24.3 Å². The van der Waals surface area contributed by atoms with Gasteiger partial charge in [-0.3, -0.25) is 4.79 Å². The first kappa shape index (κ1) is 23.1. The lowest BCUT2D eigenvalue weighted by Crippen LogP contribution is -2.31. The van der Waals surface area contributed by atoms with Crippen LogP contribution in [0.15, 0.2) is 48.5 Å². The van der Waals surface area contributed by atoms with Gasteiger partial charge in [0.1, 0.15) is 17.3 Å². The Hall–Kier alpha value is -3.61. The molecule has 0 aliphatic heterocycles. The first-order valence-corrected chi connectivity index (χ1v) is 10.4. The number of nitrogens with one attached hydrogen (secondary N) is 1. The summed E-state index contributed by atoms with van der Waals surface area (Å²) in [5.41, 5.74) is 3.49. The van der Waals surface area contributed by atoms with Crippen molar-refractivity contribution in [2.75, 3.05) is 13.7 Å². The van der Waals surface area contributed by atoms with Gasteiger partial charge in [-0.05, 0) is 61.7 Å². The number of hydrogen-bond acceptors (Lipinski definition) is 4. The fraction of sp³-hybridized carbons (Fsp3) is 0.280. The average Bonchev–Trinajstić information content (AvgIpc) is 3.07. The predicted molar refractivity (Wildman–Crippen MR) is 119 cm³/mol. The van der Waals surface area contributed by atoms with E-state index >= 15 is 0 Å². The highest BCUT2D eigenvalue weighted by molar-refractivity contribution is 5.94. The second-order valence-electron chi connectivity index (χ2n) is 7.44. The number of esters is 1. The van der Waals surface area contributed by atoms with Crippen LogP contribution in [0.2, 0.25) is 0 Å². The molecular weight excluding hydrogens is 411 g/mol. The van der Waals surface area contributed by atoms with E-state index in [9.17, 15) is 14.0 Å². The number of halogens is 1. The molecule has 3 aromatic rings. The molecule has 3 rings (SSSR count). The van der Waals surface area contributed by atoms with Crippen molar-refractivity contribution in [3.8, 4) is 5.75 Å². The highest BCUT2D eigenvalue weighted by atomic mass is 19.1. The zero-order valence-electron chi connectivity index (χ0n) is 18.7. The lowest BCUT2D eigenvalue weighted by Gasteiger charge is -2.24. The normalized spacial score (nSPS) is 10.7. The highest BCUT2D eigenvalue weighted by Crippen LogP contribution is 2.24. The summed E-state index contributed by atoms with van der Waals surface area (Å²) in [7, 11) is 1.58. The molecule has 0 atom stereocenters. The maximum atomic E-state index is 14.4. The zero-order chi connectivity index (χ0) is 23.3. The fourth-order valence-corrected chi connectivity index (χ4v) is 3.58. The number of rotatable bonds is 8. The van der Waals surface area contributed by atoms with Gasteiger partial charge >= 0.3 is 5.97 Å². The van der Waals surface area contributed by atoms with E-state index in [1.807, 2.05) is 38.1 Å². The van der Waals surface area contributed by atoms with Crippen molar-refractivity contribution in [3.05, 3.63) is 88.0 Å². The van der Waals surface area contributed by atoms with Gasteiger partial charge in [0.15, 0.2) is 0 Å². The number of methoxy groups -OCH3 is 1. The number of carbonyl (C=O) groups is 2. The highest BCUT2D eigenvalue weighted by Gasteiger charge is 2.24. The van der Waals surface area contributed by atoms with Crippen LogP contribution in [0.3, 0.4) is 0 Å². The van der Waals surface area contributed by atoms with E-state index in [4.69, 9.17) is 9.47 Å². The molecule has 32 heavy (non-hydrogen) atoms. The quantitative estimate of drug-likeness (QED) is 0.513. The van der Waals surface area contributed by atoms with Gasteiger partial charge in [0.05, 0.1) is 19.3 Å². The predicted octanol–water partition coefficient (Wildman–Crippen LogP) is 4.80. The lowest BCUT2D eigenvalue weighted by atomic mass is 10.1. The van der Waals surface area contributed by atoms with Crippen molar-refractivity contribution in [3.63, 3.8) is 0 Å². The van der Waals surface area contributed by atoms with Crippen LogP contribution in [0.1, 0.15) is 50.2 Å². The fourth-order valence-electron chi connectivity index (χ4n) is 3.58. The van der Waals surface area contributed by atoms with Gasteiger partial charge < -0.3 is 19.4 Å². The minimum absolute atomic E-state index is 0.00234. The summed E-state index contributed by atoms with van der Waals surface area (Å²) in [5.74, 6) is -0.748. The molecule has 168 valence electrons. The molecule has 2 aromatic carbocycles. The SMILES string of the molecule is CCOC(=O)c1[nH]c(C)c(CN(Cc2ccc(OC)cc2)C(=O)c2ccccc2F)c1C. The largest absolute Gasteiger partial charge is 0.497 e. The number of H-pyrrole nitrogens is 1. The smallest absolute Gasteiger partial charge is 0.355 e. The number of aryl methyl sites for hydroxylation is 1. The number of carbonyl (C=O) groups excluding carboxylic acids is 2. The maximum Gasteiger partial charge on any atom is 0.355 e. The summed E-state index contributed by atoms with van der Waals surface area (Å²) in [6.45, 7) is 6.12. The van der Waals surface area contributed by atoms with Crippen molar-refractivity contribution < 1.29 is 23.5 Å². The molecule has 0 aliphatic carbocycles. The number of ether oxygens (including phenoxy) is 2. The van der Waals surface area contributed by atoms with Crippen LogP contribution in [-0.4, -0.2) is 35.5 Å². The van der Waals surface area contributed by atoms with Crippen molar-refractivity contribution >= 4 is 11.9 Å². The van der Waals surface area contributed by atoms with Crippen molar-refractivity contribution in [2.45, 2.75) is 33.9 Å². The molecule has 0 unspecified atom stereocenters. The average molecular weight is 438 g/mol. The summed E-state index contributed by atoms with van der Waals surface area (Å²) in [4.78, 5) is 30.2. The topological polar surface area (TPSA) is 71.6 Å². The molecule has 0 radical (unpaired) electrons. The summed E-state index contributed by atoms with van der Waals surface area (Å²) >= 11 is 0. The van der Waals surface area contributed by atoms with Crippen molar-refractivity contribution in [2.24, 2.45) is 0 Å². The molecule has 7 heteroatoms. The molecule has 1 heterocycles. The first-order chi connectivity index (χ1) is 15.3. The summed E-state index contributed by atoms with van der Waals surface area (Å²) < 4.78 is 24.7. The Balaban J connectivity index is 1.96. The molecule has 0 aliphatic rings. The van der Waals surface area contributed by atoms with E-state index in [1.54, 1.807) is 31.1 Å². The molecular formula is C25H27FN2O4. The van der Waals surface area contributed by atoms with Crippen LogP contribution in [0.4, 0.5) is 4.39 Å². The van der Waals surface area contributed by atoms with Crippen molar-refractivity contribution in [1.82, 2.24) is 9.88 Å². The number of benzene rings is 2. The van der Waals surface area contributed by atoms with Crippen LogP contribution in [-0.2, 0) is 17.8 Å². The van der Waals surface area contributed by atoms with Gasteiger partial charge in [-0.2, -0.15) is 0 Å². The number of aromatic nitrogens is 1. The van der Waals surface area contributed by atoms with E-state index < -0.39 is 17.7 Å². The molecule has 0 spiro atoms. The zero-order valence-corrected chi connectivity index (χ0v) is 18.7. The molecule has 0 fully saturated rings. The summed E-state index contributed by atoms with van der Waals surface area (Å²) in [6, 6.07) is 13.3. The first-order valence-electron chi connectivity index (χ1n) is 10.4. The maximum absolute atomic E-state index is 14.4. The van der Waals surface area contributed by atoms with Crippen molar-refractivity contribution in [1.29, 1.82) is 0 Å². The third kappa shape index (κ3) is 4.99. The lowest BCUT2D eigenvalue weighted by molar-refractivity contribution is 0.0519. The minimum Gasteiger partial charge on any atom is -0.497 e. The Labute approximate surface area is 187 Å². The van der Waals surface area contributed by atoms with Gasteiger partial charge in [0.25, 0.3) is 5.91 Å². The standard InChI is InChI=1S/C25H27FN2O4/c1-5-32-25(30)23-16(2)21(17(3)27-23)15-28(14-18-10-12-19(31-4)13-11-18)24(29)20-8-6-7-9-22(20)26/h6-13,27H,5,14-15H2,1-4H3. The second-order valence-corrected chi connectivity index (χ2v) is 7.44. The van der Waals surface area contributed by atoms with Gasteiger partial charge in [0.2, 0.25) is 0 Å². The van der Waals surface area contributed by atoms with E-state index in [-0.39, 0.29) is 25.3 Å². The molecule has 6 nitrogen and oxygen atoms in total. The molecule has 1 N–H and O–H groups in total. The van der Waals surface area contributed by atoms with Gasteiger partial charge in [-0.25, -0.2) is 9.18 Å². The number of hydrogen-bond donors (Lipinski definition) is 1. The van der Waals surface area contributed by atoms with Crippen LogP contribution in [0.25, 0.3) is 0 Å². The van der Waals surface area contributed by atoms with Gasteiger partial charge in [-0.15, -0.1) is 0 Å². The second kappa shape index (κ2) is 10.1. The Morgan fingerprint density at radius 3 is 2.34 bits per heavy atom. The van der Waals surface area contributed by atoms with Crippen LogP contribution >= 0.6 is 0 Å². The minimum atomic E-state index is -0.577. The van der Waals surface area contributed by atoms with Crippen LogP contribution < -0.4 is 4.74 Å². The molecule has 0 saturated heterocycles. The molecule has 0 bridgehead atoms. The monoisotopic (exact) mass is 438 g/mol. The van der Waals surface area contributed by atoms with E-state index in [0.29, 0.717) is 17.0 Å². The summed E-state index contributed by atoms with van der Waals surface area (Å²) in [6.07, 6.45) is 0. The molecule has 0 saturated carbocycles. The third-order valence-electron chi connectivity index (χ3n) is 5.35. The van der Waals surface area contributed by atoms with E-state index in [0.717, 1.165) is 16.8 Å². The Morgan fingerprint density at radius 1 is 1.03 bits per heavy atom. The number of nitrogens with zero attached hydrogens (tertiary/aromatic N) is 1. The van der Waals surface area contributed by atoms with E-state index in [2.05, 4.69) is 4.98 Å².